The van der Waals surface area contributed by atoms with Crippen LogP contribution in [0.25, 0.3) is 0 Å². The number of aryl methyl sites for hydroxylation is 1. The van der Waals surface area contributed by atoms with Crippen molar-refractivity contribution in [1.29, 1.82) is 0 Å². The summed E-state index contributed by atoms with van der Waals surface area (Å²) < 4.78 is 22.7. The van der Waals surface area contributed by atoms with Crippen molar-refractivity contribution in [3.8, 4) is 0 Å². The standard InChI is InChI=1S/C9H11BrO2S/c1-7-3-5-9(6-4-7)13(11,12)8(2)10/h3-6,8H,1-2H3/t8-/m0/s1. The minimum atomic E-state index is -3.18. The van der Waals surface area contributed by atoms with Crippen molar-refractivity contribution in [2.75, 3.05) is 0 Å². The maximum absolute atomic E-state index is 11.6. The summed E-state index contributed by atoms with van der Waals surface area (Å²) in [6.45, 7) is 3.53. The number of hydrogen-bond donors (Lipinski definition) is 0. The topological polar surface area (TPSA) is 34.1 Å². The first-order valence-corrected chi connectivity index (χ1v) is 6.35. The highest BCUT2D eigenvalue weighted by molar-refractivity contribution is 9.11. The molecule has 72 valence electrons. The molecule has 1 aromatic rings. The first-order valence-electron chi connectivity index (χ1n) is 3.89. The Morgan fingerprint density at radius 3 is 2.08 bits per heavy atom. The van der Waals surface area contributed by atoms with Crippen molar-refractivity contribution in [3.63, 3.8) is 0 Å². The van der Waals surface area contributed by atoms with Crippen LogP contribution in [0, 0.1) is 6.92 Å². The molecule has 0 saturated carbocycles. The number of halogens is 1. The van der Waals surface area contributed by atoms with Gasteiger partial charge in [0.2, 0.25) is 0 Å². The van der Waals surface area contributed by atoms with Gasteiger partial charge in [0.25, 0.3) is 0 Å². The average Bonchev–Trinajstić information content (AvgIpc) is 2.04. The summed E-state index contributed by atoms with van der Waals surface area (Å²) in [5.74, 6) is 0. The molecule has 0 aliphatic carbocycles. The minimum absolute atomic E-state index is 0.363. The monoisotopic (exact) mass is 262 g/mol. The number of sulfone groups is 1. The molecular formula is C9H11BrO2S. The fourth-order valence-electron chi connectivity index (χ4n) is 0.915. The molecule has 0 aliphatic rings. The maximum Gasteiger partial charge on any atom is 0.190 e. The van der Waals surface area contributed by atoms with Gasteiger partial charge in [-0.25, -0.2) is 8.42 Å². The van der Waals surface area contributed by atoms with E-state index in [0.29, 0.717) is 4.90 Å². The lowest BCUT2D eigenvalue weighted by molar-refractivity contribution is 0.595. The van der Waals surface area contributed by atoms with Crippen molar-refractivity contribution in [2.45, 2.75) is 22.9 Å². The summed E-state index contributed by atoms with van der Waals surface area (Å²) in [6.07, 6.45) is 0. The molecule has 0 unspecified atom stereocenters. The van der Waals surface area contributed by atoms with E-state index in [4.69, 9.17) is 0 Å². The van der Waals surface area contributed by atoms with E-state index in [-0.39, 0.29) is 0 Å². The second-order valence-electron chi connectivity index (χ2n) is 2.90. The molecule has 1 atom stereocenters. The lowest BCUT2D eigenvalue weighted by Gasteiger charge is -2.05. The van der Waals surface area contributed by atoms with Gasteiger partial charge in [0, 0.05) is 0 Å². The van der Waals surface area contributed by atoms with E-state index in [2.05, 4.69) is 15.9 Å². The van der Waals surface area contributed by atoms with Crippen LogP contribution >= 0.6 is 15.9 Å². The van der Waals surface area contributed by atoms with Crippen LogP contribution in [-0.4, -0.2) is 12.6 Å². The largest absolute Gasteiger partial charge is 0.223 e. The zero-order valence-electron chi connectivity index (χ0n) is 7.49. The number of alkyl halides is 1. The van der Waals surface area contributed by atoms with Crippen molar-refractivity contribution >= 4 is 25.8 Å². The first-order chi connectivity index (χ1) is 5.94. The molecule has 0 heterocycles. The average molecular weight is 263 g/mol. The molecule has 0 aliphatic heterocycles. The van der Waals surface area contributed by atoms with Gasteiger partial charge in [-0.05, 0) is 26.0 Å². The third-order valence-corrected chi connectivity index (χ3v) is 5.04. The van der Waals surface area contributed by atoms with Gasteiger partial charge in [0.1, 0.15) is 4.16 Å². The van der Waals surface area contributed by atoms with Crippen LogP contribution in [0.3, 0.4) is 0 Å². The Hall–Kier alpha value is -0.350. The van der Waals surface area contributed by atoms with E-state index in [9.17, 15) is 8.42 Å². The smallest absolute Gasteiger partial charge is 0.190 e. The number of benzene rings is 1. The molecule has 0 amide bonds. The quantitative estimate of drug-likeness (QED) is 0.768. The van der Waals surface area contributed by atoms with E-state index >= 15 is 0 Å². The van der Waals surface area contributed by atoms with Gasteiger partial charge in [-0.15, -0.1) is 0 Å². The van der Waals surface area contributed by atoms with E-state index < -0.39 is 14.0 Å². The Bertz CT molecular complexity index is 379. The molecule has 0 fully saturated rings. The number of hydrogen-bond acceptors (Lipinski definition) is 2. The fourth-order valence-corrected chi connectivity index (χ4v) is 2.45. The van der Waals surface area contributed by atoms with E-state index in [1.807, 2.05) is 6.92 Å². The Balaban J connectivity index is 3.17. The molecule has 1 rings (SSSR count). The molecule has 0 spiro atoms. The molecule has 0 bridgehead atoms. The third-order valence-electron chi connectivity index (χ3n) is 1.78. The zero-order valence-corrected chi connectivity index (χ0v) is 9.89. The van der Waals surface area contributed by atoms with Crippen LogP contribution in [0.15, 0.2) is 29.2 Å². The van der Waals surface area contributed by atoms with Gasteiger partial charge in [0.15, 0.2) is 9.84 Å². The lowest BCUT2D eigenvalue weighted by Crippen LogP contribution is -2.10. The Morgan fingerprint density at radius 2 is 1.69 bits per heavy atom. The van der Waals surface area contributed by atoms with Gasteiger partial charge in [-0.2, -0.15) is 0 Å². The lowest BCUT2D eigenvalue weighted by atomic mass is 10.2. The molecule has 4 heteroatoms. The Morgan fingerprint density at radius 1 is 1.23 bits per heavy atom. The highest BCUT2D eigenvalue weighted by atomic mass is 79.9. The fraction of sp³-hybridized carbons (Fsp3) is 0.333. The summed E-state index contributed by atoms with van der Waals surface area (Å²) in [5, 5.41) is 0. The van der Waals surface area contributed by atoms with Crippen molar-refractivity contribution < 1.29 is 8.42 Å². The van der Waals surface area contributed by atoms with Crippen LogP contribution in [0.4, 0.5) is 0 Å². The van der Waals surface area contributed by atoms with Crippen LogP contribution in [0.2, 0.25) is 0 Å². The first kappa shape index (κ1) is 10.7. The Labute approximate surface area is 87.0 Å². The summed E-state index contributed by atoms with van der Waals surface area (Å²) in [6, 6.07) is 6.84. The molecule has 1 aromatic carbocycles. The summed E-state index contributed by atoms with van der Waals surface area (Å²) in [5.41, 5.74) is 1.06. The van der Waals surface area contributed by atoms with E-state index in [0.717, 1.165) is 5.56 Å². The van der Waals surface area contributed by atoms with Crippen LogP contribution in [0.5, 0.6) is 0 Å². The molecule has 0 aromatic heterocycles. The normalized spacial score (nSPS) is 14.1. The molecule has 2 nitrogen and oxygen atoms in total. The van der Waals surface area contributed by atoms with Crippen LogP contribution < -0.4 is 0 Å². The highest BCUT2D eigenvalue weighted by Crippen LogP contribution is 2.19. The molecule has 0 saturated heterocycles. The summed E-state index contributed by atoms with van der Waals surface area (Å²) in [7, 11) is -3.18. The summed E-state index contributed by atoms with van der Waals surface area (Å²) in [4.78, 5) is 0.363. The maximum atomic E-state index is 11.6. The van der Waals surface area contributed by atoms with Crippen molar-refractivity contribution in [2.24, 2.45) is 0 Å². The molecule has 0 N–H and O–H groups in total. The van der Waals surface area contributed by atoms with E-state index in [1.54, 1.807) is 31.2 Å². The molecule has 0 radical (unpaired) electrons. The molecule has 13 heavy (non-hydrogen) atoms. The summed E-state index contributed by atoms with van der Waals surface area (Å²) >= 11 is 3.06. The molecular weight excluding hydrogens is 252 g/mol. The predicted molar refractivity (Wildman–Crippen MR) is 56.8 cm³/mol. The minimum Gasteiger partial charge on any atom is -0.223 e. The Kier molecular flexibility index (Phi) is 3.14. The van der Waals surface area contributed by atoms with Gasteiger partial charge >= 0.3 is 0 Å². The predicted octanol–water partition coefficient (Wildman–Crippen LogP) is 2.51. The SMILES string of the molecule is Cc1ccc(S(=O)(=O)[C@@H](C)Br)cc1. The van der Waals surface area contributed by atoms with Crippen molar-refractivity contribution in [1.82, 2.24) is 0 Å². The van der Waals surface area contributed by atoms with Crippen LogP contribution in [0.1, 0.15) is 12.5 Å². The second-order valence-corrected chi connectivity index (χ2v) is 7.15. The second kappa shape index (κ2) is 3.80. The van der Waals surface area contributed by atoms with Crippen LogP contribution in [-0.2, 0) is 9.84 Å². The third kappa shape index (κ3) is 2.31. The van der Waals surface area contributed by atoms with Crippen molar-refractivity contribution in [3.05, 3.63) is 29.8 Å². The highest BCUT2D eigenvalue weighted by Gasteiger charge is 2.19. The van der Waals surface area contributed by atoms with Gasteiger partial charge in [0.05, 0.1) is 4.90 Å². The number of rotatable bonds is 2. The van der Waals surface area contributed by atoms with E-state index in [1.165, 1.54) is 0 Å². The van der Waals surface area contributed by atoms with Gasteiger partial charge in [-0.1, -0.05) is 33.6 Å². The zero-order chi connectivity index (χ0) is 10.1. The van der Waals surface area contributed by atoms with Gasteiger partial charge < -0.3 is 0 Å². The van der Waals surface area contributed by atoms with Gasteiger partial charge in [-0.3, -0.25) is 0 Å².